The number of thioether (sulfide) groups is 1. The molecule has 0 fully saturated rings. The first kappa shape index (κ1) is 23.9. The van der Waals surface area contributed by atoms with Gasteiger partial charge in [-0.3, -0.25) is 4.79 Å². The fourth-order valence-electron chi connectivity index (χ4n) is 2.09. The molecule has 0 aromatic heterocycles. The summed E-state index contributed by atoms with van der Waals surface area (Å²) in [5.74, 6) is -0.182. The lowest BCUT2D eigenvalue weighted by atomic mass is 10.1. The van der Waals surface area contributed by atoms with E-state index in [9.17, 15) is 14.9 Å². The number of rotatable bonds is 8. The van der Waals surface area contributed by atoms with Gasteiger partial charge in [-0.15, -0.1) is 0 Å². The predicted molar refractivity (Wildman–Crippen MR) is 116 cm³/mol. The van der Waals surface area contributed by atoms with Crippen molar-refractivity contribution in [3.63, 3.8) is 0 Å². The van der Waals surface area contributed by atoms with E-state index in [1.807, 2.05) is 30.3 Å². The molecule has 28 heavy (non-hydrogen) atoms. The maximum atomic E-state index is 12.0. The highest BCUT2D eigenvalue weighted by Crippen LogP contribution is 2.32. The van der Waals surface area contributed by atoms with Gasteiger partial charge in [0.2, 0.25) is 5.91 Å². The largest absolute Gasteiger partial charge is 0.444 e. The lowest BCUT2D eigenvalue weighted by molar-refractivity contribution is -0.121. The third-order valence-corrected chi connectivity index (χ3v) is 5.16. The molecular weight excluding hydrogens is 394 g/mol. The van der Waals surface area contributed by atoms with Gasteiger partial charge < -0.3 is 15.4 Å². The van der Waals surface area contributed by atoms with E-state index >= 15 is 0 Å². The second-order valence-electron chi connectivity index (χ2n) is 7.38. The topological polar surface area (TPSA) is 91.2 Å². The smallest absolute Gasteiger partial charge is 0.407 e. The van der Waals surface area contributed by atoms with Gasteiger partial charge in [0, 0.05) is 19.5 Å². The molecule has 0 radical (unpaired) electrons. The van der Waals surface area contributed by atoms with Crippen LogP contribution in [0.2, 0.25) is 0 Å². The number of hydrogen-bond acceptors (Lipinski definition) is 6. The second kappa shape index (κ2) is 11.0. The summed E-state index contributed by atoms with van der Waals surface area (Å²) in [5.41, 5.74) is 0.328. The van der Waals surface area contributed by atoms with Crippen molar-refractivity contribution in [2.24, 2.45) is 0 Å². The minimum Gasteiger partial charge on any atom is -0.444 e. The molecule has 0 spiro atoms. The van der Waals surface area contributed by atoms with Crippen LogP contribution >= 0.6 is 24.0 Å². The van der Waals surface area contributed by atoms with Crippen LogP contribution in [0.25, 0.3) is 0 Å². The Morgan fingerprint density at radius 2 is 1.75 bits per heavy atom. The molecule has 0 aliphatic carbocycles. The van der Waals surface area contributed by atoms with Crippen molar-refractivity contribution < 1.29 is 14.3 Å². The molecule has 0 aliphatic rings. The van der Waals surface area contributed by atoms with Gasteiger partial charge in [0.15, 0.2) is 0 Å². The van der Waals surface area contributed by atoms with Crippen LogP contribution in [0, 0.1) is 11.3 Å². The molecule has 1 rings (SSSR count). The summed E-state index contributed by atoms with van der Waals surface area (Å²) in [6.45, 7) is 7.68. The predicted octanol–water partition coefficient (Wildman–Crippen LogP) is 3.80. The molecule has 0 saturated carbocycles. The maximum absolute atomic E-state index is 12.0. The molecule has 1 unspecified atom stereocenters. The monoisotopic (exact) mass is 421 g/mol. The Balaban J connectivity index is 2.36. The third kappa shape index (κ3) is 9.72. The van der Waals surface area contributed by atoms with Crippen molar-refractivity contribution >= 4 is 40.2 Å². The first-order valence-corrected chi connectivity index (χ1v) is 10.2. The molecule has 0 saturated heterocycles. The van der Waals surface area contributed by atoms with Crippen molar-refractivity contribution in [2.45, 2.75) is 50.9 Å². The van der Waals surface area contributed by atoms with Crippen LogP contribution in [-0.2, 0) is 9.53 Å². The summed E-state index contributed by atoms with van der Waals surface area (Å²) in [6, 6.07) is 11.8. The summed E-state index contributed by atoms with van der Waals surface area (Å²) in [5, 5.41) is 14.8. The number of hydrogen-bond donors (Lipinski definition) is 2. The Bertz CT molecular complexity index is 726. The number of thiocarbonyl (C=S) groups is 1. The number of nitrogens with zero attached hydrogens (tertiary/aromatic N) is 1. The average Bonchev–Trinajstić information content (AvgIpc) is 2.63. The number of carbonyl (C=O) groups is 2. The minimum absolute atomic E-state index is 0.182. The van der Waals surface area contributed by atoms with E-state index in [4.69, 9.17) is 17.0 Å². The number of carbonyl (C=O) groups excluding carboxylic acids is 2. The fraction of sp³-hybridized carbons (Fsp3) is 0.500. The molecule has 1 atom stereocenters. The molecule has 0 heterocycles. The number of ether oxygens (including phenoxy) is 1. The molecule has 1 aromatic carbocycles. The van der Waals surface area contributed by atoms with Crippen LogP contribution in [0.15, 0.2) is 30.3 Å². The van der Waals surface area contributed by atoms with Gasteiger partial charge >= 0.3 is 6.09 Å². The molecule has 1 aromatic rings. The van der Waals surface area contributed by atoms with E-state index in [-0.39, 0.29) is 25.4 Å². The number of nitrogens with one attached hydrogen (secondary N) is 2. The van der Waals surface area contributed by atoms with Crippen molar-refractivity contribution in [1.29, 1.82) is 5.26 Å². The molecule has 152 valence electrons. The zero-order valence-corrected chi connectivity index (χ0v) is 18.3. The fourth-order valence-corrected chi connectivity index (χ4v) is 3.69. The van der Waals surface area contributed by atoms with Gasteiger partial charge in [-0.1, -0.05) is 54.3 Å². The highest BCUT2D eigenvalue weighted by atomic mass is 32.2. The highest BCUT2D eigenvalue weighted by molar-refractivity contribution is 8.24. The average molecular weight is 422 g/mol. The number of benzene rings is 1. The zero-order chi connectivity index (χ0) is 21.2. The van der Waals surface area contributed by atoms with Crippen LogP contribution in [0.4, 0.5) is 4.79 Å². The van der Waals surface area contributed by atoms with Crippen LogP contribution in [0.5, 0.6) is 0 Å². The van der Waals surface area contributed by atoms with Gasteiger partial charge in [-0.2, -0.15) is 5.26 Å². The summed E-state index contributed by atoms with van der Waals surface area (Å²) in [4.78, 5) is 23.6. The molecule has 6 nitrogen and oxygen atoms in total. The summed E-state index contributed by atoms with van der Waals surface area (Å²) < 4.78 is 4.95. The van der Waals surface area contributed by atoms with Gasteiger partial charge in [0.1, 0.15) is 10.3 Å². The van der Waals surface area contributed by atoms with E-state index in [1.165, 1.54) is 11.8 Å². The lowest BCUT2D eigenvalue weighted by Crippen LogP contribution is -2.38. The molecular formula is C20H27N3O3S2. The molecule has 0 aliphatic heterocycles. The Kier molecular flexibility index (Phi) is 9.42. The van der Waals surface area contributed by atoms with Gasteiger partial charge in [-0.05, 0) is 39.7 Å². The normalized spacial score (nSPS) is 13.0. The Morgan fingerprint density at radius 1 is 1.14 bits per heavy atom. The van der Waals surface area contributed by atoms with E-state index in [0.29, 0.717) is 10.6 Å². The SMILES string of the molecule is CC(C)(C)OC(=O)NCCNC(=O)CCC(C)(C#N)SC(=S)c1ccccc1. The summed E-state index contributed by atoms with van der Waals surface area (Å²) in [7, 11) is 0. The van der Waals surface area contributed by atoms with Gasteiger partial charge in [-0.25, -0.2) is 4.79 Å². The zero-order valence-electron chi connectivity index (χ0n) is 16.7. The van der Waals surface area contributed by atoms with Crippen LogP contribution in [0.3, 0.4) is 0 Å². The quantitative estimate of drug-likeness (QED) is 0.490. The Hall–Kier alpha value is -2.11. The van der Waals surface area contributed by atoms with Crippen LogP contribution in [-0.4, -0.2) is 39.6 Å². The van der Waals surface area contributed by atoms with Crippen molar-refractivity contribution in [3.05, 3.63) is 35.9 Å². The van der Waals surface area contributed by atoms with Crippen molar-refractivity contribution in [2.75, 3.05) is 13.1 Å². The third-order valence-electron chi connectivity index (χ3n) is 3.51. The number of amides is 2. The van der Waals surface area contributed by atoms with E-state index in [0.717, 1.165) is 5.56 Å². The Labute approximate surface area is 176 Å². The molecule has 2 N–H and O–H groups in total. The molecule has 2 amide bonds. The van der Waals surface area contributed by atoms with Gasteiger partial charge in [0.25, 0.3) is 0 Å². The number of alkyl carbamates (subject to hydrolysis) is 1. The highest BCUT2D eigenvalue weighted by Gasteiger charge is 2.28. The Morgan fingerprint density at radius 3 is 2.32 bits per heavy atom. The maximum Gasteiger partial charge on any atom is 0.407 e. The van der Waals surface area contributed by atoms with Crippen LogP contribution < -0.4 is 10.6 Å². The second-order valence-corrected chi connectivity index (χ2v) is 9.56. The standard InChI is InChI=1S/C20H27N3O3S2/c1-19(2,3)26-18(25)23-13-12-22-16(24)10-11-20(4,14-21)28-17(27)15-8-6-5-7-9-15/h5-9H,10-13H2,1-4H3,(H,22,24)(H,23,25). The van der Waals surface area contributed by atoms with E-state index in [2.05, 4.69) is 16.7 Å². The van der Waals surface area contributed by atoms with Crippen molar-refractivity contribution in [1.82, 2.24) is 10.6 Å². The van der Waals surface area contributed by atoms with Crippen molar-refractivity contribution in [3.8, 4) is 6.07 Å². The minimum atomic E-state index is -0.793. The first-order valence-electron chi connectivity index (χ1n) is 8.98. The van der Waals surface area contributed by atoms with E-state index < -0.39 is 16.4 Å². The van der Waals surface area contributed by atoms with Gasteiger partial charge in [0.05, 0.1) is 10.3 Å². The summed E-state index contributed by atoms with van der Waals surface area (Å²) >= 11 is 6.72. The van der Waals surface area contributed by atoms with E-state index in [1.54, 1.807) is 27.7 Å². The summed E-state index contributed by atoms with van der Waals surface area (Å²) in [6.07, 6.45) is 0.0394. The van der Waals surface area contributed by atoms with Crippen LogP contribution in [0.1, 0.15) is 46.1 Å². The first-order chi connectivity index (χ1) is 13.0. The molecule has 0 bridgehead atoms. The lowest BCUT2D eigenvalue weighted by Gasteiger charge is -2.21. The number of nitriles is 1. The molecule has 8 heteroatoms.